The van der Waals surface area contributed by atoms with Crippen LogP contribution in [-0.2, 0) is 17.8 Å². The summed E-state index contributed by atoms with van der Waals surface area (Å²) in [6, 6.07) is 12.4. The van der Waals surface area contributed by atoms with Crippen molar-refractivity contribution in [2.75, 3.05) is 31.6 Å². The maximum Gasteiger partial charge on any atom is 0.227 e. The molecule has 4 rings (SSSR count). The Kier molecular flexibility index (Phi) is 7.72. The van der Waals surface area contributed by atoms with Crippen molar-refractivity contribution in [1.29, 1.82) is 0 Å². The van der Waals surface area contributed by atoms with Crippen LogP contribution >= 0.6 is 11.6 Å². The summed E-state index contributed by atoms with van der Waals surface area (Å²) in [4.78, 5) is 21.0. The minimum absolute atomic E-state index is 0.148. The van der Waals surface area contributed by atoms with E-state index >= 15 is 0 Å². The molecule has 1 unspecified atom stereocenters. The first-order valence-corrected chi connectivity index (χ1v) is 12.7. The van der Waals surface area contributed by atoms with Gasteiger partial charge in [-0.15, -0.1) is 0 Å². The zero-order valence-electron chi connectivity index (χ0n) is 20.7. The van der Waals surface area contributed by atoms with Crippen LogP contribution in [-0.4, -0.2) is 42.5 Å². The molecule has 34 heavy (non-hydrogen) atoms. The van der Waals surface area contributed by atoms with Crippen LogP contribution in [0.2, 0.25) is 5.02 Å². The predicted octanol–water partition coefficient (Wildman–Crippen LogP) is 6.29. The summed E-state index contributed by atoms with van der Waals surface area (Å²) in [5.74, 6) is 1.26. The van der Waals surface area contributed by atoms with E-state index in [1.807, 2.05) is 30.2 Å². The van der Waals surface area contributed by atoms with Gasteiger partial charge in [-0.3, -0.25) is 4.79 Å². The Hall–Kier alpha value is -2.66. The highest BCUT2D eigenvalue weighted by molar-refractivity contribution is 6.31. The number of rotatable bonds is 8. The summed E-state index contributed by atoms with van der Waals surface area (Å²) in [7, 11) is 2.06. The van der Waals surface area contributed by atoms with Crippen molar-refractivity contribution in [2.24, 2.45) is 11.8 Å². The molecule has 5 nitrogen and oxygen atoms in total. The summed E-state index contributed by atoms with van der Waals surface area (Å²) in [6.07, 6.45) is 5.03. The Morgan fingerprint density at radius 3 is 2.76 bits per heavy atom. The normalized spacial score (nSPS) is 14.4. The number of nitrogens with one attached hydrogen (secondary N) is 1. The number of anilines is 1. The number of fused-ring (bicyclic) bond motifs is 2. The van der Waals surface area contributed by atoms with Crippen molar-refractivity contribution in [3.05, 3.63) is 58.7 Å². The lowest BCUT2D eigenvalue weighted by atomic mass is 10.0. The maximum atomic E-state index is 13.6. The van der Waals surface area contributed by atoms with E-state index in [0.717, 1.165) is 59.0 Å². The van der Waals surface area contributed by atoms with Crippen LogP contribution in [0.15, 0.2) is 42.6 Å². The summed E-state index contributed by atoms with van der Waals surface area (Å²) in [6.45, 7) is 8.93. The van der Waals surface area contributed by atoms with E-state index in [-0.39, 0.29) is 11.8 Å². The number of H-pyrrole nitrogens is 1. The molecule has 1 N–H and O–H groups in total. The van der Waals surface area contributed by atoms with E-state index in [4.69, 9.17) is 16.3 Å². The Labute approximate surface area is 208 Å². The third-order valence-corrected chi connectivity index (χ3v) is 6.85. The molecule has 1 aromatic heterocycles. The highest BCUT2D eigenvalue weighted by Crippen LogP contribution is 2.33. The minimum atomic E-state index is -0.148. The second kappa shape index (κ2) is 10.7. The first kappa shape index (κ1) is 24.5. The van der Waals surface area contributed by atoms with Crippen LogP contribution in [0.1, 0.15) is 44.7 Å². The number of hydrogen-bond donors (Lipinski definition) is 1. The number of amides is 1. The number of hydrogen-bond acceptors (Lipinski definition) is 3. The Morgan fingerprint density at radius 1 is 1.15 bits per heavy atom. The quantitative estimate of drug-likeness (QED) is 0.411. The Morgan fingerprint density at radius 2 is 1.97 bits per heavy atom. The van der Waals surface area contributed by atoms with Crippen molar-refractivity contribution in [3.8, 4) is 5.75 Å². The molecule has 182 valence electrons. The molecule has 6 heteroatoms. The van der Waals surface area contributed by atoms with Crippen LogP contribution in [0.25, 0.3) is 10.9 Å². The Balaban J connectivity index is 1.50. The maximum absolute atomic E-state index is 13.6. The van der Waals surface area contributed by atoms with Crippen LogP contribution in [0, 0.1) is 11.8 Å². The number of halogens is 1. The monoisotopic (exact) mass is 481 g/mol. The van der Waals surface area contributed by atoms with E-state index in [0.29, 0.717) is 25.6 Å². The number of benzene rings is 2. The van der Waals surface area contributed by atoms with Gasteiger partial charge in [0.2, 0.25) is 5.91 Å². The number of aromatic amines is 1. The summed E-state index contributed by atoms with van der Waals surface area (Å²) >= 11 is 6.63. The average molecular weight is 482 g/mol. The van der Waals surface area contributed by atoms with Crippen molar-refractivity contribution in [2.45, 2.75) is 46.6 Å². The average Bonchev–Trinajstić information content (AvgIpc) is 3.15. The van der Waals surface area contributed by atoms with Gasteiger partial charge in [0.05, 0.1) is 12.5 Å². The number of aromatic nitrogens is 1. The summed E-state index contributed by atoms with van der Waals surface area (Å²) in [5.41, 5.74) is 4.35. The van der Waals surface area contributed by atoms with Crippen molar-refractivity contribution >= 4 is 34.1 Å². The zero-order valence-corrected chi connectivity index (χ0v) is 21.5. The molecule has 0 bridgehead atoms. The molecule has 0 aliphatic carbocycles. The highest BCUT2D eigenvalue weighted by atomic mass is 35.5. The van der Waals surface area contributed by atoms with E-state index in [9.17, 15) is 4.79 Å². The molecule has 1 atom stereocenters. The third-order valence-electron chi connectivity index (χ3n) is 6.52. The number of carbonyl (C=O) groups excluding carboxylic acids is 1. The standard InChI is InChI=1S/C28H36ClN3O2/c1-19(2)16-32(18-21-14-24(29)22-8-5-6-13-34-27(22)15-21)28(33)20(3)17-31(4)26-10-7-9-25-23(26)11-12-30-25/h7,9-12,14-15,19-20,30H,5-6,8,13,16-18H2,1-4H3. The fourth-order valence-electron chi connectivity index (χ4n) is 4.91. The molecule has 1 amide bonds. The van der Waals surface area contributed by atoms with Gasteiger partial charge in [-0.25, -0.2) is 0 Å². The van der Waals surface area contributed by atoms with Crippen LogP contribution in [0.3, 0.4) is 0 Å². The van der Waals surface area contributed by atoms with Gasteiger partial charge in [-0.1, -0.05) is 38.4 Å². The van der Waals surface area contributed by atoms with E-state index in [1.165, 1.54) is 5.39 Å². The van der Waals surface area contributed by atoms with E-state index < -0.39 is 0 Å². The topological polar surface area (TPSA) is 48.6 Å². The SMILES string of the molecule is CC(C)CN(Cc1cc(Cl)c2c(c1)OCCCC2)C(=O)C(C)CN(C)c1cccc2[nH]ccc12. The van der Waals surface area contributed by atoms with Gasteiger partial charge in [0.15, 0.2) is 0 Å². The molecule has 1 aliphatic heterocycles. The Bertz CT molecular complexity index is 1140. The highest BCUT2D eigenvalue weighted by Gasteiger charge is 2.24. The lowest BCUT2D eigenvalue weighted by Gasteiger charge is -2.30. The zero-order chi connectivity index (χ0) is 24.2. The lowest BCUT2D eigenvalue weighted by Crippen LogP contribution is -2.41. The van der Waals surface area contributed by atoms with Crippen LogP contribution in [0.4, 0.5) is 5.69 Å². The molecule has 0 radical (unpaired) electrons. The summed E-state index contributed by atoms with van der Waals surface area (Å²) in [5, 5.41) is 1.92. The molecule has 0 saturated carbocycles. The minimum Gasteiger partial charge on any atom is -0.493 e. The van der Waals surface area contributed by atoms with Crippen molar-refractivity contribution < 1.29 is 9.53 Å². The second-order valence-corrected chi connectivity index (χ2v) is 10.4. The first-order chi connectivity index (χ1) is 16.3. The number of ether oxygens (including phenoxy) is 1. The molecule has 3 aromatic rings. The number of nitrogens with zero attached hydrogens (tertiary/aromatic N) is 2. The van der Waals surface area contributed by atoms with Crippen LogP contribution in [0.5, 0.6) is 5.75 Å². The molecule has 2 aromatic carbocycles. The van der Waals surface area contributed by atoms with Gasteiger partial charge in [0.1, 0.15) is 5.75 Å². The molecule has 0 spiro atoms. The largest absolute Gasteiger partial charge is 0.493 e. The van der Waals surface area contributed by atoms with Crippen LogP contribution < -0.4 is 9.64 Å². The predicted molar refractivity (Wildman–Crippen MR) is 141 cm³/mol. The van der Waals surface area contributed by atoms with Gasteiger partial charge in [0, 0.05) is 60.1 Å². The van der Waals surface area contributed by atoms with Gasteiger partial charge >= 0.3 is 0 Å². The molecule has 0 saturated heterocycles. The fourth-order valence-corrected chi connectivity index (χ4v) is 5.24. The molecule has 0 fully saturated rings. The molecule has 2 heterocycles. The molecular weight excluding hydrogens is 446 g/mol. The lowest BCUT2D eigenvalue weighted by molar-refractivity contribution is -0.135. The van der Waals surface area contributed by atoms with Crippen molar-refractivity contribution in [1.82, 2.24) is 9.88 Å². The molecule has 1 aliphatic rings. The van der Waals surface area contributed by atoms with Gasteiger partial charge in [-0.2, -0.15) is 0 Å². The van der Waals surface area contributed by atoms with Crippen molar-refractivity contribution in [3.63, 3.8) is 0 Å². The number of carbonyl (C=O) groups is 1. The molecular formula is C28H36ClN3O2. The van der Waals surface area contributed by atoms with Gasteiger partial charge in [-0.05, 0) is 61.1 Å². The first-order valence-electron chi connectivity index (χ1n) is 12.3. The fraction of sp³-hybridized carbons (Fsp3) is 0.464. The van der Waals surface area contributed by atoms with Gasteiger partial charge in [0.25, 0.3) is 0 Å². The van der Waals surface area contributed by atoms with Gasteiger partial charge < -0.3 is 19.5 Å². The second-order valence-electron chi connectivity index (χ2n) is 9.97. The van der Waals surface area contributed by atoms with E-state index in [1.54, 1.807) is 0 Å². The summed E-state index contributed by atoms with van der Waals surface area (Å²) < 4.78 is 5.97. The van der Waals surface area contributed by atoms with E-state index in [2.05, 4.69) is 55.0 Å². The smallest absolute Gasteiger partial charge is 0.227 e. The third kappa shape index (κ3) is 5.52.